The van der Waals surface area contributed by atoms with Crippen molar-refractivity contribution in [1.82, 2.24) is 35.6 Å². The summed E-state index contributed by atoms with van der Waals surface area (Å²) in [5, 5.41) is 15.8. The number of nitrogens with one attached hydrogen (secondary N) is 2. The van der Waals surface area contributed by atoms with E-state index in [4.69, 9.17) is 16.3 Å². The lowest BCUT2D eigenvalue weighted by molar-refractivity contribution is -0.136. The number of piperidine rings is 1. The smallest absolute Gasteiger partial charge is 0.280 e. The van der Waals surface area contributed by atoms with Gasteiger partial charge in [-0.3, -0.25) is 14.4 Å². The second-order valence-electron chi connectivity index (χ2n) is 9.53. The van der Waals surface area contributed by atoms with Crippen molar-refractivity contribution < 1.29 is 19.1 Å². The summed E-state index contributed by atoms with van der Waals surface area (Å²) in [5.74, 6) is -0.911. The Labute approximate surface area is 240 Å². The Morgan fingerprint density at radius 3 is 2.72 bits per heavy atom. The number of likely N-dealkylation sites (N-methyl/N-ethyl adjacent to an activating group) is 1. The van der Waals surface area contributed by atoms with Crippen molar-refractivity contribution in [1.29, 1.82) is 0 Å². The third kappa shape index (κ3) is 6.64. The van der Waals surface area contributed by atoms with Gasteiger partial charge in [0.2, 0.25) is 5.91 Å². The van der Waals surface area contributed by atoms with E-state index in [0.717, 1.165) is 35.5 Å². The summed E-state index contributed by atoms with van der Waals surface area (Å²) >= 11 is 7.40. The van der Waals surface area contributed by atoms with Crippen LogP contribution in [0.15, 0.2) is 24.3 Å². The first kappa shape index (κ1) is 29.1. The number of aromatic nitrogens is 3. The molecule has 5 rings (SSSR count). The minimum atomic E-state index is -0.531. The van der Waals surface area contributed by atoms with Gasteiger partial charge in [-0.1, -0.05) is 17.7 Å². The molecular weight excluding hydrogens is 565 g/mol. The van der Waals surface area contributed by atoms with E-state index in [0.29, 0.717) is 28.5 Å². The summed E-state index contributed by atoms with van der Waals surface area (Å²) in [5.41, 5.74) is 1.70. The molecule has 3 amide bonds. The molecule has 2 aliphatic rings. The molecule has 39 heavy (non-hydrogen) atoms. The normalized spacial score (nSPS) is 19.2. The van der Waals surface area contributed by atoms with Crippen LogP contribution < -0.4 is 10.6 Å². The van der Waals surface area contributed by atoms with Gasteiger partial charge in [0.15, 0.2) is 10.7 Å². The van der Waals surface area contributed by atoms with E-state index in [1.54, 1.807) is 29.2 Å². The van der Waals surface area contributed by atoms with Gasteiger partial charge in [-0.2, -0.15) is 0 Å². The molecular formula is C25H29Cl2N7O4S. The lowest BCUT2D eigenvalue weighted by atomic mass is 9.98. The Morgan fingerprint density at radius 1 is 1.13 bits per heavy atom. The van der Waals surface area contributed by atoms with Crippen LogP contribution in [-0.2, 0) is 22.5 Å². The predicted octanol–water partition coefficient (Wildman–Crippen LogP) is 1.93. The van der Waals surface area contributed by atoms with Gasteiger partial charge in [-0.25, -0.2) is 4.98 Å². The fraction of sp³-hybridized carbons (Fsp3) is 0.440. The summed E-state index contributed by atoms with van der Waals surface area (Å²) < 4.78 is 5.01. The molecule has 11 nitrogen and oxygen atoms in total. The number of amides is 3. The van der Waals surface area contributed by atoms with Gasteiger partial charge < -0.3 is 25.2 Å². The van der Waals surface area contributed by atoms with E-state index in [1.807, 2.05) is 7.05 Å². The number of halogens is 2. The monoisotopic (exact) mass is 593 g/mol. The SMILES string of the molecule is COCC(=O)N1CC[C@H](NC(=O)c2cc3ccc(Cl)cc3nn2)[C@@H](NC(=O)c2nc3c(s2)CN(C)CC3)C1.Cl. The Balaban J connectivity index is 0.00000353. The van der Waals surface area contributed by atoms with Crippen LogP contribution in [0.25, 0.3) is 10.9 Å². The fourth-order valence-corrected chi connectivity index (χ4v) is 5.98. The number of ether oxygens (including phenoxy) is 1. The average molecular weight is 595 g/mol. The Kier molecular flexibility index (Phi) is 9.34. The lowest BCUT2D eigenvalue weighted by Crippen LogP contribution is -2.61. The molecule has 1 saturated heterocycles. The first-order valence-corrected chi connectivity index (χ1v) is 13.5. The standard InChI is InChI=1S/C25H28ClN7O4S.ClH/c1-32-7-5-17-21(12-32)38-25(29-17)24(36)28-20-11-33(22(34)13-37-2)8-6-16(20)27-23(35)19-9-14-3-4-15(26)10-18(14)30-31-19;/h3-4,9-10,16,20H,5-8,11-13H2,1-2H3,(H,27,35)(H,28,36);1H/t16-,20-;/m0./s1. The Hall–Kier alpha value is -2.90. The van der Waals surface area contributed by atoms with Gasteiger partial charge >= 0.3 is 0 Å². The van der Waals surface area contributed by atoms with Crippen molar-refractivity contribution in [3.8, 4) is 0 Å². The Bertz CT molecular complexity index is 1390. The predicted molar refractivity (Wildman–Crippen MR) is 150 cm³/mol. The number of likely N-dealkylation sites (tertiary alicyclic amines) is 1. The van der Waals surface area contributed by atoms with E-state index in [1.165, 1.54) is 18.4 Å². The number of hydrogen-bond donors (Lipinski definition) is 2. The highest BCUT2D eigenvalue weighted by molar-refractivity contribution is 7.13. The van der Waals surface area contributed by atoms with Crippen molar-refractivity contribution in [2.24, 2.45) is 0 Å². The summed E-state index contributed by atoms with van der Waals surface area (Å²) in [4.78, 5) is 48.4. The summed E-state index contributed by atoms with van der Waals surface area (Å²) in [6.45, 7) is 2.26. The number of carbonyl (C=O) groups excluding carboxylic acids is 3. The topological polar surface area (TPSA) is 130 Å². The zero-order valence-corrected chi connectivity index (χ0v) is 23.9. The summed E-state index contributed by atoms with van der Waals surface area (Å²) in [6.07, 6.45) is 1.25. The molecule has 4 heterocycles. The molecule has 2 atom stereocenters. The minimum Gasteiger partial charge on any atom is -0.375 e. The summed E-state index contributed by atoms with van der Waals surface area (Å²) in [6, 6.07) is 5.87. The number of methoxy groups -OCH3 is 1. The van der Waals surface area contributed by atoms with Crippen molar-refractivity contribution in [2.45, 2.75) is 31.5 Å². The third-order valence-electron chi connectivity index (χ3n) is 6.77. The second kappa shape index (κ2) is 12.5. The quantitative estimate of drug-likeness (QED) is 0.443. The molecule has 3 aromatic rings. The van der Waals surface area contributed by atoms with Gasteiger partial charge in [-0.15, -0.1) is 33.9 Å². The van der Waals surface area contributed by atoms with Crippen LogP contribution in [-0.4, -0.2) is 95.2 Å². The van der Waals surface area contributed by atoms with Crippen LogP contribution in [0.4, 0.5) is 0 Å². The number of nitrogens with zero attached hydrogens (tertiary/aromatic N) is 5. The largest absolute Gasteiger partial charge is 0.375 e. The highest BCUT2D eigenvalue weighted by Gasteiger charge is 2.35. The van der Waals surface area contributed by atoms with Crippen LogP contribution in [0.1, 0.15) is 37.3 Å². The molecule has 2 N–H and O–H groups in total. The number of fused-ring (bicyclic) bond motifs is 2. The van der Waals surface area contributed by atoms with Crippen LogP contribution in [0.5, 0.6) is 0 Å². The molecule has 208 valence electrons. The van der Waals surface area contributed by atoms with Crippen LogP contribution >= 0.6 is 35.3 Å². The van der Waals surface area contributed by atoms with Gasteiger partial charge in [0.1, 0.15) is 6.61 Å². The van der Waals surface area contributed by atoms with Crippen molar-refractivity contribution in [2.75, 3.05) is 40.4 Å². The van der Waals surface area contributed by atoms with E-state index in [2.05, 4.69) is 30.7 Å². The first-order chi connectivity index (χ1) is 18.3. The van der Waals surface area contributed by atoms with Crippen LogP contribution in [0.3, 0.4) is 0 Å². The second-order valence-corrected chi connectivity index (χ2v) is 11.1. The van der Waals surface area contributed by atoms with Gasteiger partial charge in [0, 0.05) is 55.0 Å². The molecule has 1 aromatic carbocycles. The van der Waals surface area contributed by atoms with Crippen molar-refractivity contribution in [3.05, 3.63) is 50.6 Å². The zero-order chi connectivity index (χ0) is 26.8. The molecule has 2 aromatic heterocycles. The van der Waals surface area contributed by atoms with E-state index >= 15 is 0 Å². The number of hydrogen-bond acceptors (Lipinski definition) is 9. The first-order valence-electron chi connectivity index (χ1n) is 12.3. The van der Waals surface area contributed by atoms with E-state index in [-0.39, 0.29) is 43.1 Å². The molecule has 0 unspecified atom stereocenters. The van der Waals surface area contributed by atoms with E-state index < -0.39 is 18.0 Å². The van der Waals surface area contributed by atoms with E-state index in [9.17, 15) is 14.4 Å². The summed E-state index contributed by atoms with van der Waals surface area (Å²) in [7, 11) is 3.50. The maximum Gasteiger partial charge on any atom is 0.280 e. The maximum absolute atomic E-state index is 13.2. The van der Waals surface area contributed by atoms with Crippen LogP contribution in [0.2, 0.25) is 5.02 Å². The molecule has 0 aliphatic carbocycles. The number of carbonyl (C=O) groups is 3. The molecule has 1 fully saturated rings. The highest BCUT2D eigenvalue weighted by atomic mass is 35.5. The number of rotatable bonds is 6. The van der Waals surface area contributed by atoms with Crippen molar-refractivity contribution >= 4 is 64.0 Å². The Morgan fingerprint density at radius 2 is 1.92 bits per heavy atom. The molecule has 14 heteroatoms. The lowest BCUT2D eigenvalue weighted by Gasteiger charge is -2.39. The zero-order valence-electron chi connectivity index (χ0n) is 21.5. The average Bonchev–Trinajstić information content (AvgIpc) is 3.33. The third-order valence-corrected chi connectivity index (χ3v) is 8.08. The molecule has 0 saturated carbocycles. The van der Waals surface area contributed by atoms with Gasteiger partial charge in [0.25, 0.3) is 11.8 Å². The fourth-order valence-electron chi connectivity index (χ4n) is 4.73. The molecule has 0 radical (unpaired) electrons. The molecule has 2 aliphatic heterocycles. The molecule has 0 spiro atoms. The maximum atomic E-state index is 13.2. The highest BCUT2D eigenvalue weighted by Crippen LogP contribution is 2.25. The van der Waals surface area contributed by atoms with Crippen molar-refractivity contribution in [3.63, 3.8) is 0 Å². The number of benzene rings is 1. The molecule has 0 bridgehead atoms. The minimum absolute atomic E-state index is 0. The van der Waals surface area contributed by atoms with Gasteiger partial charge in [0.05, 0.1) is 23.3 Å². The van der Waals surface area contributed by atoms with Crippen LogP contribution in [0, 0.1) is 0 Å². The van der Waals surface area contributed by atoms with Gasteiger partial charge in [-0.05, 0) is 31.7 Å². The number of thiazole rings is 1.